The van der Waals surface area contributed by atoms with E-state index in [1.807, 2.05) is 4.72 Å². The average molecular weight is 345 g/mol. The first kappa shape index (κ1) is 17.5. The summed E-state index contributed by atoms with van der Waals surface area (Å²) in [7, 11) is -4.46. The van der Waals surface area contributed by atoms with Crippen LogP contribution in [0.2, 0.25) is 0 Å². The standard InChI is InChI=1S/C15H14F3NO3S/c1-15(20,10-5-3-2-4-6-10)9-19-23(21,22)12-8-7-11(16)13(17)14(12)18/h2-8,19-20H,9H2,1H3. The Balaban J connectivity index is 2.25. The minimum atomic E-state index is -4.46. The van der Waals surface area contributed by atoms with Gasteiger partial charge in [0.05, 0.1) is 0 Å². The molecule has 0 amide bonds. The zero-order chi connectivity index (χ0) is 17.3. The highest BCUT2D eigenvalue weighted by Gasteiger charge is 2.29. The molecule has 2 rings (SSSR count). The van der Waals surface area contributed by atoms with Crippen LogP contribution in [-0.2, 0) is 15.6 Å². The van der Waals surface area contributed by atoms with E-state index in [0.717, 1.165) is 0 Å². The van der Waals surface area contributed by atoms with E-state index in [0.29, 0.717) is 17.7 Å². The van der Waals surface area contributed by atoms with E-state index in [-0.39, 0.29) is 0 Å². The molecule has 2 N–H and O–H groups in total. The number of aliphatic hydroxyl groups is 1. The van der Waals surface area contributed by atoms with Crippen molar-refractivity contribution in [3.8, 4) is 0 Å². The third kappa shape index (κ3) is 3.72. The molecule has 0 aliphatic carbocycles. The molecule has 0 saturated heterocycles. The van der Waals surface area contributed by atoms with Crippen LogP contribution in [0.3, 0.4) is 0 Å². The van der Waals surface area contributed by atoms with Crippen molar-refractivity contribution in [1.29, 1.82) is 0 Å². The second-order valence-corrected chi connectivity index (χ2v) is 6.87. The average Bonchev–Trinajstić information content (AvgIpc) is 2.52. The van der Waals surface area contributed by atoms with Gasteiger partial charge >= 0.3 is 0 Å². The number of hydrogen-bond acceptors (Lipinski definition) is 3. The molecule has 0 heterocycles. The van der Waals surface area contributed by atoms with Crippen molar-refractivity contribution in [1.82, 2.24) is 4.72 Å². The van der Waals surface area contributed by atoms with Crippen molar-refractivity contribution in [3.05, 3.63) is 65.5 Å². The molecule has 0 saturated carbocycles. The van der Waals surface area contributed by atoms with Gasteiger partial charge in [0.25, 0.3) is 0 Å². The number of halogens is 3. The zero-order valence-corrected chi connectivity index (χ0v) is 12.9. The lowest BCUT2D eigenvalue weighted by Gasteiger charge is -2.24. The fourth-order valence-electron chi connectivity index (χ4n) is 1.93. The molecule has 0 aliphatic rings. The van der Waals surface area contributed by atoms with Gasteiger partial charge in [0.2, 0.25) is 10.0 Å². The first-order valence-corrected chi connectivity index (χ1v) is 8.04. The summed E-state index contributed by atoms with van der Waals surface area (Å²) in [6.45, 7) is 0.893. The van der Waals surface area contributed by atoms with E-state index in [1.165, 1.54) is 6.92 Å². The highest BCUT2D eigenvalue weighted by molar-refractivity contribution is 7.89. The Bertz CT molecular complexity index is 808. The molecule has 0 aliphatic heterocycles. The SMILES string of the molecule is CC(O)(CNS(=O)(=O)c1ccc(F)c(F)c1F)c1ccccc1. The third-order valence-corrected chi connectivity index (χ3v) is 4.71. The molecule has 1 unspecified atom stereocenters. The largest absolute Gasteiger partial charge is 0.384 e. The van der Waals surface area contributed by atoms with Crippen molar-refractivity contribution in [2.45, 2.75) is 17.4 Å². The van der Waals surface area contributed by atoms with Crippen molar-refractivity contribution in [2.24, 2.45) is 0 Å². The number of rotatable bonds is 5. The van der Waals surface area contributed by atoms with Crippen LogP contribution in [0, 0.1) is 17.5 Å². The van der Waals surface area contributed by atoms with Gasteiger partial charge in [-0.3, -0.25) is 0 Å². The fourth-order valence-corrected chi connectivity index (χ4v) is 3.13. The van der Waals surface area contributed by atoms with Gasteiger partial charge < -0.3 is 5.11 Å². The molecule has 0 radical (unpaired) electrons. The summed E-state index contributed by atoms with van der Waals surface area (Å²) in [5.74, 6) is -5.17. The molecule has 0 spiro atoms. The topological polar surface area (TPSA) is 66.4 Å². The Labute approximate surface area is 131 Å². The monoisotopic (exact) mass is 345 g/mol. The molecular formula is C15H14F3NO3S. The lowest BCUT2D eigenvalue weighted by atomic mass is 9.97. The van der Waals surface area contributed by atoms with E-state index in [9.17, 15) is 26.7 Å². The molecule has 0 fully saturated rings. The molecule has 0 aromatic heterocycles. The third-order valence-electron chi connectivity index (χ3n) is 3.29. The summed E-state index contributed by atoms with van der Waals surface area (Å²) in [6.07, 6.45) is 0. The van der Waals surface area contributed by atoms with Crippen LogP contribution >= 0.6 is 0 Å². The van der Waals surface area contributed by atoms with E-state index < -0.39 is 44.5 Å². The van der Waals surface area contributed by atoms with Crippen LogP contribution in [-0.4, -0.2) is 20.1 Å². The van der Waals surface area contributed by atoms with Gasteiger partial charge in [0.15, 0.2) is 17.5 Å². The first-order chi connectivity index (χ1) is 10.6. The second-order valence-electron chi connectivity index (χ2n) is 5.14. The predicted octanol–water partition coefficient (Wildman–Crippen LogP) is 2.29. The second kappa shape index (κ2) is 6.31. The molecule has 23 heavy (non-hydrogen) atoms. The Morgan fingerprint density at radius 3 is 2.26 bits per heavy atom. The molecule has 124 valence electrons. The molecule has 0 bridgehead atoms. The zero-order valence-electron chi connectivity index (χ0n) is 12.1. The first-order valence-electron chi connectivity index (χ1n) is 6.56. The van der Waals surface area contributed by atoms with E-state index >= 15 is 0 Å². The highest BCUT2D eigenvalue weighted by Crippen LogP contribution is 2.22. The maximum atomic E-state index is 13.6. The lowest BCUT2D eigenvalue weighted by molar-refractivity contribution is 0.0627. The number of nitrogens with one attached hydrogen (secondary N) is 1. The lowest BCUT2D eigenvalue weighted by Crippen LogP contribution is -2.38. The van der Waals surface area contributed by atoms with Crippen molar-refractivity contribution in [3.63, 3.8) is 0 Å². The minimum Gasteiger partial charge on any atom is -0.384 e. The molecule has 8 heteroatoms. The smallest absolute Gasteiger partial charge is 0.243 e. The van der Waals surface area contributed by atoms with Crippen molar-refractivity contribution < 1.29 is 26.7 Å². The van der Waals surface area contributed by atoms with Gasteiger partial charge in [-0.15, -0.1) is 0 Å². The fraction of sp³-hybridized carbons (Fsp3) is 0.200. The van der Waals surface area contributed by atoms with Gasteiger partial charge in [-0.1, -0.05) is 30.3 Å². The van der Waals surface area contributed by atoms with E-state index in [4.69, 9.17) is 0 Å². The maximum absolute atomic E-state index is 13.6. The van der Waals surface area contributed by atoms with Crippen LogP contribution in [0.5, 0.6) is 0 Å². The van der Waals surface area contributed by atoms with E-state index in [2.05, 4.69) is 0 Å². The summed E-state index contributed by atoms with van der Waals surface area (Å²) in [4.78, 5) is -1.03. The van der Waals surface area contributed by atoms with Crippen LogP contribution in [0.4, 0.5) is 13.2 Å². The number of hydrogen-bond donors (Lipinski definition) is 2. The van der Waals surface area contributed by atoms with Crippen LogP contribution in [0.1, 0.15) is 12.5 Å². The summed E-state index contributed by atoms with van der Waals surface area (Å²) in [5, 5.41) is 10.3. The van der Waals surface area contributed by atoms with Gasteiger partial charge in [0.1, 0.15) is 10.5 Å². The summed E-state index contributed by atoms with van der Waals surface area (Å²) in [6, 6.07) is 9.36. The Morgan fingerprint density at radius 2 is 1.65 bits per heavy atom. The van der Waals surface area contributed by atoms with Crippen LogP contribution < -0.4 is 4.72 Å². The molecular weight excluding hydrogens is 331 g/mol. The van der Waals surface area contributed by atoms with Gasteiger partial charge in [0, 0.05) is 6.54 Å². The molecule has 2 aromatic rings. The number of benzene rings is 2. The Morgan fingerprint density at radius 1 is 1.04 bits per heavy atom. The van der Waals surface area contributed by atoms with Crippen LogP contribution in [0.25, 0.3) is 0 Å². The maximum Gasteiger partial charge on any atom is 0.243 e. The summed E-state index contributed by atoms with van der Waals surface area (Å²) < 4.78 is 65.7. The van der Waals surface area contributed by atoms with Gasteiger partial charge in [-0.2, -0.15) is 0 Å². The number of sulfonamides is 1. The quantitative estimate of drug-likeness (QED) is 0.817. The molecule has 2 aromatic carbocycles. The van der Waals surface area contributed by atoms with Crippen LogP contribution in [0.15, 0.2) is 47.4 Å². The Kier molecular flexibility index (Phi) is 4.79. The normalized spacial score (nSPS) is 14.5. The summed E-state index contributed by atoms with van der Waals surface area (Å²) >= 11 is 0. The van der Waals surface area contributed by atoms with Crippen molar-refractivity contribution in [2.75, 3.05) is 6.54 Å². The molecule has 1 atom stereocenters. The van der Waals surface area contributed by atoms with Crippen molar-refractivity contribution >= 4 is 10.0 Å². The van der Waals surface area contributed by atoms with Gasteiger partial charge in [-0.05, 0) is 24.6 Å². The highest BCUT2D eigenvalue weighted by atomic mass is 32.2. The molecule has 4 nitrogen and oxygen atoms in total. The Hall–Kier alpha value is -1.90. The predicted molar refractivity (Wildman–Crippen MR) is 77.5 cm³/mol. The van der Waals surface area contributed by atoms with Gasteiger partial charge in [-0.25, -0.2) is 26.3 Å². The van der Waals surface area contributed by atoms with E-state index in [1.54, 1.807) is 30.3 Å². The minimum absolute atomic E-state index is 0.438. The summed E-state index contributed by atoms with van der Waals surface area (Å²) in [5.41, 5.74) is -1.13.